The first-order valence-corrected chi connectivity index (χ1v) is 8.45. The second-order valence-electron chi connectivity index (χ2n) is 7.69. The van der Waals surface area contributed by atoms with Crippen LogP contribution in [0.5, 0.6) is 0 Å². The third-order valence-corrected chi connectivity index (χ3v) is 6.39. The van der Waals surface area contributed by atoms with Crippen LogP contribution >= 0.6 is 0 Å². The molecule has 0 spiro atoms. The maximum absolute atomic E-state index is 3.98. The maximum atomic E-state index is 3.98. The first-order chi connectivity index (χ1) is 8.70. The van der Waals surface area contributed by atoms with E-state index in [2.05, 4.69) is 19.2 Å². The molecule has 4 atom stereocenters. The first kappa shape index (κ1) is 13.0. The van der Waals surface area contributed by atoms with Gasteiger partial charge < -0.3 is 5.32 Å². The lowest BCUT2D eigenvalue weighted by Crippen LogP contribution is -2.50. The summed E-state index contributed by atoms with van der Waals surface area (Å²) < 4.78 is 0. The van der Waals surface area contributed by atoms with Gasteiger partial charge in [0.15, 0.2) is 0 Å². The summed E-state index contributed by atoms with van der Waals surface area (Å²) in [7, 11) is 0. The van der Waals surface area contributed by atoms with Crippen molar-refractivity contribution in [2.75, 3.05) is 6.54 Å². The van der Waals surface area contributed by atoms with Crippen molar-refractivity contribution >= 4 is 0 Å². The molecule has 0 aromatic carbocycles. The zero-order valence-electron chi connectivity index (χ0n) is 12.4. The minimum absolute atomic E-state index is 0.478. The molecule has 2 bridgehead atoms. The standard InChI is InChI=1S/C17H31N/c1-13(2)17(8-4-3-5-9-18-17)12-16-11-14-6-7-15(16)10-14/h13-16,18H,3-12H2,1-2H3. The molecule has 0 amide bonds. The van der Waals surface area contributed by atoms with E-state index in [1.165, 1.54) is 38.6 Å². The van der Waals surface area contributed by atoms with E-state index < -0.39 is 0 Å². The van der Waals surface area contributed by atoms with Crippen molar-refractivity contribution in [2.45, 2.75) is 77.2 Å². The number of rotatable bonds is 3. The van der Waals surface area contributed by atoms with E-state index in [4.69, 9.17) is 0 Å². The summed E-state index contributed by atoms with van der Waals surface area (Å²) in [5, 5.41) is 3.98. The van der Waals surface area contributed by atoms with Crippen molar-refractivity contribution in [3.05, 3.63) is 0 Å². The highest BCUT2D eigenvalue weighted by atomic mass is 15.0. The van der Waals surface area contributed by atoms with Crippen molar-refractivity contribution in [3.8, 4) is 0 Å². The van der Waals surface area contributed by atoms with E-state index in [0.29, 0.717) is 5.54 Å². The van der Waals surface area contributed by atoms with Gasteiger partial charge in [-0.05, 0) is 68.7 Å². The van der Waals surface area contributed by atoms with Crippen LogP contribution in [0, 0.1) is 23.7 Å². The molecule has 2 saturated carbocycles. The Morgan fingerprint density at radius 2 is 2.00 bits per heavy atom. The van der Waals surface area contributed by atoms with Crippen LogP contribution in [0.2, 0.25) is 0 Å². The van der Waals surface area contributed by atoms with Gasteiger partial charge in [0, 0.05) is 5.54 Å². The average Bonchev–Trinajstić information content (AvgIpc) is 2.86. The van der Waals surface area contributed by atoms with Gasteiger partial charge >= 0.3 is 0 Å². The van der Waals surface area contributed by atoms with Crippen LogP contribution in [0.15, 0.2) is 0 Å². The second-order valence-corrected chi connectivity index (χ2v) is 7.69. The Morgan fingerprint density at radius 1 is 1.11 bits per heavy atom. The summed E-state index contributed by atoms with van der Waals surface area (Å²) in [4.78, 5) is 0. The first-order valence-electron chi connectivity index (χ1n) is 8.45. The van der Waals surface area contributed by atoms with Gasteiger partial charge in [-0.3, -0.25) is 0 Å². The van der Waals surface area contributed by atoms with Crippen LogP contribution in [-0.4, -0.2) is 12.1 Å². The maximum Gasteiger partial charge on any atom is 0.0207 e. The summed E-state index contributed by atoms with van der Waals surface area (Å²) >= 11 is 0. The summed E-state index contributed by atoms with van der Waals surface area (Å²) in [6, 6.07) is 0. The molecule has 1 nitrogen and oxygen atoms in total. The van der Waals surface area contributed by atoms with Crippen LogP contribution < -0.4 is 5.32 Å². The van der Waals surface area contributed by atoms with Crippen molar-refractivity contribution in [2.24, 2.45) is 23.7 Å². The molecule has 3 fully saturated rings. The van der Waals surface area contributed by atoms with E-state index in [1.54, 1.807) is 25.7 Å². The van der Waals surface area contributed by atoms with Gasteiger partial charge in [0.25, 0.3) is 0 Å². The van der Waals surface area contributed by atoms with Crippen molar-refractivity contribution in [1.82, 2.24) is 5.32 Å². The Hall–Kier alpha value is -0.0400. The van der Waals surface area contributed by atoms with Crippen LogP contribution in [0.1, 0.15) is 71.6 Å². The lowest BCUT2D eigenvalue weighted by molar-refractivity contribution is 0.150. The quantitative estimate of drug-likeness (QED) is 0.783. The average molecular weight is 249 g/mol. The minimum atomic E-state index is 0.478. The van der Waals surface area contributed by atoms with E-state index in [-0.39, 0.29) is 0 Å². The van der Waals surface area contributed by atoms with Gasteiger partial charge in [0.1, 0.15) is 0 Å². The predicted octanol–water partition coefficient (Wildman–Crippen LogP) is 4.37. The van der Waals surface area contributed by atoms with E-state index in [9.17, 15) is 0 Å². The SMILES string of the molecule is CC(C)C1(CC2CC3CCC2C3)CCCCCN1. The van der Waals surface area contributed by atoms with Gasteiger partial charge in [0.2, 0.25) is 0 Å². The van der Waals surface area contributed by atoms with E-state index >= 15 is 0 Å². The van der Waals surface area contributed by atoms with Crippen molar-refractivity contribution < 1.29 is 0 Å². The van der Waals surface area contributed by atoms with Crippen molar-refractivity contribution in [1.29, 1.82) is 0 Å². The van der Waals surface area contributed by atoms with E-state index in [1.807, 2.05) is 0 Å². The highest BCUT2D eigenvalue weighted by molar-refractivity contribution is 4.99. The van der Waals surface area contributed by atoms with Crippen LogP contribution in [0.4, 0.5) is 0 Å². The smallest absolute Gasteiger partial charge is 0.0207 e. The minimum Gasteiger partial charge on any atom is -0.311 e. The molecule has 1 heterocycles. The normalized spacial score (nSPS) is 44.5. The fourth-order valence-corrected chi connectivity index (χ4v) is 5.17. The summed E-state index contributed by atoms with van der Waals surface area (Å²) in [5.41, 5.74) is 0.478. The molecule has 4 unspecified atom stereocenters. The van der Waals surface area contributed by atoms with Gasteiger partial charge in [-0.1, -0.05) is 33.1 Å². The molecular formula is C17H31N. The van der Waals surface area contributed by atoms with E-state index in [0.717, 1.165) is 23.7 Å². The van der Waals surface area contributed by atoms with Gasteiger partial charge in [0.05, 0.1) is 0 Å². The van der Waals surface area contributed by atoms with Crippen LogP contribution in [0.25, 0.3) is 0 Å². The topological polar surface area (TPSA) is 12.0 Å². The summed E-state index contributed by atoms with van der Waals surface area (Å²) in [6.07, 6.45) is 13.4. The molecule has 0 aromatic heterocycles. The largest absolute Gasteiger partial charge is 0.311 e. The third-order valence-electron chi connectivity index (χ3n) is 6.39. The molecule has 1 heteroatoms. The summed E-state index contributed by atoms with van der Waals surface area (Å²) in [6.45, 7) is 6.16. The molecule has 2 aliphatic carbocycles. The molecule has 1 saturated heterocycles. The molecule has 18 heavy (non-hydrogen) atoms. The highest BCUT2D eigenvalue weighted by Crippen LogP contribution is 2.52. The molecule has 1 N–H and O–H groups in total. The van der Waals surface area contributed by atoms with Crippen LogP contribution in [-0.2, 0) is 0 Å². The highest BCUT2D eigenvalue weighted by Gasteiger charge is 2.44. The van der Waals surface area contributed by atoms with Gasteiger partial charge in [-0.25, -0.2) is 0 Å². The van der Waals surface area contributed by atoms with Gasteiger partial charge in [-0.15, -0.1) is 0 Å². The number of hydrogen-bond acceptors (Lipinski definition) is 1. The number of hydrogen-bond donors (Lipinski definition) is 1. The lowest BCUT2D eigenvalue weighted by Gasteiger charge is -2.42. The third kappa shape index (κ3) is 2.35. The Labute approximate surface area is 113 Å². The Kier molecular flexibility index (Phi) is 3.71. The number of fused-ring (bicyclic) bond motifs is 2. The zero-order chi connectivity index (χ0) is 12.6. The second kappa shape index (κ2) is 5.15. The summed E-state index contributed by atoms with van der Waals surface area (Å²) in [5.74, 6) is 4.05. The molecule has 3 rings (SSSR count). The monoisotopic (exact) mass is 249 g/mol. The molecule has 3 aliphatic rings. The lowest BCUT2D eigenvalue weighted by atomic mass is 9.72. The van der Waals surface area contributed by atoms with Crippen LogP contribution in [0.3, 0.4) is 0 Å². The molecule has 1 aliphatic heterocycles. The Bertz CT molecular complexity index is 275. The Morgan fingerprint density at radius 3 is 2.67 bits per heavy atom. The van der Waals surface area contributed by atoms with Gasteiger partial charge in [-0.2, -0.15) is 0 Å². The molecule has 0 radical (unpaired) electrons. The molecule has 104 valence electrons. The molecule has 0 aromatic rings. The fourth-order valence-electron chi connectivity index (χ4n) is 5.17. The van der Waals surface area contributed by atoms with Crippen molar-refractivity contribution in [3.63, 3.8) is 0 Å². The zero-order valence-corrected chi connectivity index (χ0v) is 12.4. The fraction of sp³-hybridized carbons (Fsp3) is 1.00. The Balaban J connectivity index is 1.69. The molecular weight excluding hydrogens is 218 g/mol. The predicted molar refractivity (Wildman–Crippen MR) is 77.6 cm³/mol. The number of nitrogens with one attached hydrogen (secondary N) is 1.